The molecule has 1 N–H and O–H groups in total. The molecule has 2 rings (SSSR count). The number of carbonyl (C=O) groups is 3. The zero-order valence-electron chi connectivity index (χ0n) is 18.5. The van der Waals surface area contributed by atoms with E-state index in [9.17, 15) is 14.4 Å². The van der Waals surface area contributed by atoms with Crippen LogP contribution in [0.5, 0.6) is 0 Å². The molecule has 0 heterocycles. The molecular weight excluding hydrogens is 398 g/mol. The summed E-state index contributed by atoms with van der Waals surface area (Å²) in [7, 11) is 2.69. The minimum absolute atomic E-state index is 0.193. The molecule has 0 aliphatic heterocycles. The van der Waals surface area contributed by atoms with Gasteiger partial charge in [-0.2, -0.15) is 0 Å². The molecule has 0 bridgehead atoms. The average Bonchev–Trinajstić information content (AvgIpc) is 2.73. The zero-order valence-corrected chi connectivity index (χ0v) is 18.5. The van der Waals surface area contributed by atoms with Gasteiger partial charge in [0.1, 0.15) is 11.6 Å². The largest absolute Gasteiger partial charge is 0.467 e. The van der Waals surface area contributed by atoms with Crippen molar-refractivity contribution in [1.29, 1.82) is 0 Å². The van der Waals surface area contributed by atoms with Crippen molar-refractivity contribution in [2.45, 2.75) is 44.9 Å². The van der Waals surface area contributed by atoms with E-state index in [1.807, 2.05) is 6.07 Å². The summed E-state index contributed by atoms with van der Waals surface area (Å²) < 4.78 is 15.5. The summed E-state index contributed by atoms with van der Waals surface area (Å²) in [6.45, 7) is 5.39. The fourth-order valence-electron chi connectivity index (χ4n) is 2.95. The highest BCUT2D eigenvalue weighted by molar-refractivity contribution is 5.90. The molecular formula is C24H29NO6. The van der Waals surface area contributed by atoms with Gasteiger partial charge in [-0.1, -0.05) is 42.5 Å². The van der Waals surface area contributed by atoms with Crippen molar-refractivity contribution in [2.75, 3.05) is 14.2 Å². The molecule has 1 amide bonds. The lowest BCUT2D eigenvalue weighted by Gasteiger charge is -2.21. The van der Waals surface area contributed by atoms with E-state index in [-0.39, 0.29) is 6.42 Å². The molecule has 0 aliphatic rings. The lowest BCUT2D eigenvalue weighted by molar-refractivity contribution is -0.146. The van der Waals surface area contributed by atoms with Crippen molar-refractivity contribution < 1.29 is 28.6 Å². The van der Waals surface area contributed by atoms with Crippen LogP contribution >= 0.6 is 0 Å². The number of amides is 1. The number of rotatable bonds is 8. The van der Waals surface area contributed by atoms with E-state index >= 15 is 0 Å². The third kappa shape index (κ3) is 7.22. The summed E-state index contributed by atoms with van der Waals surface area (Å²) in [5, 5.41) is 2.70. The highest BCUT2D eigenvalue weighted by Crippen LogP contribution is 2.18. The summed E-state index contributed by atoms with van der Waals surface area (Å²) >= 11 is 0. The van der Waals surface area contributed by atoms with Crippen molar-refractivity contribution in [3.8, 4) is 0 Å². The minimum Gasteiger partial charge on any atom is -0.467 e. The first-order valence-electron chi connectivity index (χ1n) is 9.93. The number of ether oxygens (including phenoxy) is 3. The van der Waals surface area contributed by atoms with Crippen LogP contribution in [0.1, 0.15) is 48.4 Å². The molecule has 0 radical (unpaired) electrons. The highest BCUT2D eigenvalue weighted by Gasteiger charge is 2.27. The Hall–Kier alpha value is -3.19. The Labute approximate surface area is 182 Å². The third-order valence-electron chi connectivity index (χ3n) is 4.41. The van der Waals surface area contributed by atoms with Crippen LogP contribution in [0.3, 0.4) is 0 Å². The van der Waals surface area contributed by atoms with Gasteiger partial charge in [-0.15, -0.1) is 0 Å². The first-order valence-corrected chi connectivity index (χ1v) is 9.93. The van der Waals surface area contributed by atoms with Crippen LogP contribution < -0.4 is 5.32 Å². The van der Waals surface area contributed by atoms with Gasteiger partial charge < -0.3 is 19.5 Å². The Bertz CT molecular complexity index is 887. The van der Waals surface area contributed by atoms with Gasteiger partial charge in [0.05, 0.1) is 12.7 Å². The predicted molar refractivity (Wildman–Crippen MR) is 115 cm³/mol. The van der Waals surface area contributed by atoms with E-state index in [2.05, 4.69) is 5.32 Å². The summed E-state index contributed by atoms with van der Waals surface area (Å²) in [5.41, 5.74) is 1.23. The second-order valence-electron chi connectivity index (χ2n) is 8.01. The van der Waals surface area contributed by atoms with E-state index in [0.29, 0.717) is 11.1 Å². The number of esters is 2. The van der Waals surface area contributed by atoms with Crippen LogP contribution in [0.4, 0.5) is 0 Å². The lowest BCUT2D eigenvalue weighted by Crippen LogP contribution is -2.45. The van der Waals surface area contributed by atoms with Gasteiger partial charge in [0, 0.05) is 13.5 Å². The van der Waals surface area contributed by atoms with Gasteiger partial charge in [0.2, 0.25) is 0 Å². The van der Waals surface area contributed by atoms with Crippen LogP contribution in [0, 0.1) is 0 Å². The lowest BCUT2D eigenvalue weighted by atomic mass is 10.0. The maximum absolute atomic E-state index is 12.8. The molecule has 7 heteroatoms. The number of carbonyl (C=O) groups excluding carboxylic acids is 3. The third-order valence-corrected chi connectivity index (χ3v) is 4.41. The van der Waals surface area contributed by atoms with Crippen molar-refractivity contribution in [3.05, 3.63) is 71.3 Å². The molecule has 7 nitrogen and oxygen atoms in total. The fraction of sp³-hybridized carbons (Fsp3) is 0.375. The Morgan fingerprint density at radius 1 is 0.935 bits per heavy atom. The van der Waals surface area contributed by atoms with Gasteiger partial charge in [0.25, 0.3) is 5.91 Å². The van der Waals surface area contributed by atoms with Crippen LogP contribution in [0.15, 0.2) is 54.6 Å². The summed E-state index contributed by atoms with van der Waals surface area (Å²) in [6.07, 6.45) is -0.666. The molecule has 0 saturated heterocycles. The smallest absolute Gasteiger partial charge is 0.338 e. The van der Waals surface area contributed by atoms with Crippen molar-refractivity contribution in [3.63, 3.8) is 0 Å². The Balaban J connectivity index is 2.12. The summed E-state index contributed by atoms with van der Waals surface area (Å²) in [4.78, 5) is 37.2. The molecule has 0 aromatic heterocycles. The van der Waals surface area contributed by atoms with Crippen LogP contribution in [-0.2, 0) is 30.2 Å². The van der Waals surface area contributed by atoms with Gasteiger partial charge in [0.15, 0.2) is 6.10 Å². The minimum atomic E-state index is -0.911. The number of hydrogen-bond acceptors (Lipinski definition) is 6. The maximum Gasteiger partial charge on any atom is 0.338 e. The van der Waals surface area contributed by atoms with E-state index in [4.69, 9.17) is 14.2 Å². The first kappa shape index (κ1) is 24.1. The van der Waals surface area contributed by atoms with Crippen molar-refractivity contribution in [2.24, 2.45) is 0 Å². The van der Waals surface area contributed by atoms with Crippen LogP contribution in [0.25, 0.3) is 0 Å². The van der Waals surface area contributed by atoms with Gasteiger partial charge in [-0.25, -0.2) is 9.59 Å². The monoisotopic (exact) mass is 427 g/mol. The van der Waals surface area contributed by atoms with E-state index in [0.717, 1.165) is 5.56 Å². The maximum atomic E-state index is 12.8. The summed E-state index contributed by atoms with van der Waals surface area (Å²) in [5.74, 6) is -1.45. The molecule has 0 saturated carbocycles. The Morgan fingerprint density at radius 2 is 1.55 bits per heavy atom. The van der Waals surface area contributed by atoms with E-state index < -0.39 is 35.6 Å². The molecule has 2 aromatic rings. The fourth-order valence-corrected chi connectivity index (χ4v) is 2.95. The molecule has 0 unspecified atom stereocenters. The zero-order chi connectivity index (χ0) is 23.0. The topological polar surface area (TPSA) is 90.9 Å². The second-order valence-corrected chi connectivity index (χ2v) is 8.01. The van der Waals surface area contributed by atoms with Crippen LogP contribution in [-0.4, -0.2) is 43.7 Å². The summed E-state index contributed by atoms with van der Waals surface area (Å²) in [6, 6.07) is 14.8. The number of nitrogens with one attached hydrogen (secondary N) is 1. The van der Waals surface area contributed by atoms with Gasteiger partial charge in [-0.05, 0) is 44.0 Å². The van der Waals surface area contributed by atoms with Crippen molar-refractivity contribution in [1.82, 2.24) is 5.32 Å². The Morgan fingerprint density at radius 3 is 2.06 bits per heavy atom. The molecule has 0 fully saturated rings. The van der Waals surface area contributed by atoms with Crippen LogP contribution in [0.2, 0.25) is 0 Å². The molecule has 0 spiro atoms. The SMILES string of the molecule is COC(=O)[C@H](Cc1ccc(C(=O)OC(C)(C)C)cc1)NC(=O)[C@@H](OC)c1ccccc1. The highest BCUT2D eigenvalue weighted by atomic mass is 16.6. The molecule has 31 heavy (non-hydrogen) atoms. The number of benzene rings is 2. The van der Waals surface area contributed by atoms with Crippen molar-refractivity contribution >= 4 is 17.8 Å². The number of hydrogen-bond donors (Lipinski definition) is 1. The molecule has 0 aliphatic carbocycles. The van der Waals surface area contributed by atoms with E-state index in [1.54, 1.807) is 69.3 Å². The first-order chi connectivity index (χ1) is 14.6. The van der Waals surface area contributed by atoms with Gasteiger partial charge >= 0.3 is 11.9 Å². The number of methoxy groups -OCH3 is 2. The molecule has 166 valence electrons. The standard InChI is InChI=1S/C24H29NO6/c1-24(2,3)31-22(27)18-13-11-16(12-14-18)15-19(23(28)30-5)25-21(26)20(29-4)17-9-7-6-8-10-17/h6-14,19-20H,15H2,1-5H3,(H,25,26)/t19-,20-/m0/s1. The second kappa shape index (κ2) is 10.7. The van der Waals surface area contributed by atoms with Gasteiger partial charge in [-0.3, -0.25) is 4.79 Å². The average molecular weight is 427 g/mol. The predicted octanol–water partition coefficient (Wildman–Crippen LogP) is 3.23. The normalized spacial score (nSPS) is 13.1. The Kier molecular flexibility index (Phi) is 8.33. The molecule has 2 aromatic carbocycles. The quantitative estimate of drug-likeness (QED) is 0.651. The molecule has 2 atom stereocenters. The van der Waals surface area contributed by atoms with E-state index in [1.165, 1.54) is 14.2 Å².